The van der Waals surface area contributed by atoms with Crippen LogP contribution in [0.1, 0.15) is 30.8 Å². The van der Waals surface area contributed by atoms with Crippen LogP contribution in [-0.2, 0) is 7.05 Å². The van der Waals surface area contributed by atoms with Gasteiger partial charge in [-0.2, -0.15) is 0 Å². The Morgan fingerprint density at radius 1 is 1.59 bits per heavy atom. The number of carbonyl (C=O) groups excluding carboxylic acids is 1. The van der Waals surface area contributed by atoms with Crippen molar-refractivity contribution in [3.05, 3.63) is 18.0 Å². The summed E-state index contributed by atoms with van der Waals surface area (Å²) in [4.78, 5) is 14.0. The number of rotatable bonds is 5. The van der Waals surface area contributed by atoms with Gasteiger partial charge in [-0.15, -0.1) is 0 Å². The first-order chi connectivity index (χ1) is 7.97. The van der Waals surface area contributed by atoms with Crippen LogP contribution in [0.25, 0.3) is 0 Å². The van der Waals surface area contributed by atoms with E-state index in [1.807, 2.05) is 13.8 Å². The van der Waals surface area contributed by atoms with Gasteiger partial charge in [-0.1, -0.05) is 0 Å². The number of aromatic nitrogens is 1. The van der Waals surface area contributed by atoms with E-state index in [0.29, 0.717) is 24.3 Å². The molecule has 0 unspecified atom stereocenters. The summed E-state index contributed by atoms with van der Waals surface area (Å²) < 4.78 is 1.73. The van der Waals surface area contributed by atoms with Gasteiger partial charge in [0.1, 0.15) is 5.69 Å². The fourth-order valence-electron chi connectivity index (χ4n) is 1.79. The van der Waals surface area contributed by atoms with E-state index in [1.165, 1.54) is 0 Å². The summed E-state index contributed by atoms with van der Waals surface area (Å²) >= 11 is 0. The molecule has 0 aliphatic carbocycles. The first kappa shape index (κ1) is 13.6. The van der Waals surface area contributed by atoms with Crippen molar-refractivity contribution in [1.29, 1.82) is 0 Å². The number of aliphatic hydroxyl groups excluding tert-OH is 1. The molecule has 0 spiro atoms. The number of amides is 1. The molecule has 0 saturated heterocycles. The van der Waals surface area contributed by atoms with Crippen molar-refractivity contribution in [2.24, 2.45) is 7.05 Å². The second kappa shape index (κ2) is 5.72. The van der Waals surface area contributed by atoms with Crippen molar-refractivity contribution < 1.29 is 9.90 Å². The fraction of sp³-hybridized carbons (Fsp3) is 0.583. The minimum atomic E-state index is -0.0485. The highest BCUT2D eigenvalue weighted by Crippen LogP contribution is 2.13. The minimum absolute atomic E-state index is 0.0485. The molecule has 0 radical (unpaired) electrons. The van der Waals surface area contributed by atoms with E-state index >= 15 is 0 Å². The van der Waals surface area contributed by atoms with Crippen molar-refractivity contribution in [2.45, 2.75) is 26.3 Å². The maximum atomic E-state index is 12.3. The Morgan fingerprint density at radius 3 is 2.65 bits per heavy atom. The number of aryl methyl sites for hydroxylation is 1. The Labute approximate surface area is 102 Å². The lowest BCUT2D eigenvalue weighted by molar-refractivity contribution is 0.0683. The molecule has 0 fully saturated rings. The average molecular weight is 239 g/mol. The topological polar surface area (TPSA) is 71.5 Å². The highest BCUT2D eigenvalue weighted by Gasteiger charge is 2.20. The Kier molecular flexibility index (Phi) is 4.57. The molecule has 0 aliphatic rings. The van der Waals surface area contributed by atoms with Gasteiger partial charge in [-0.3, -0.25) is 4.79 Å². The van der Waals surface area contributed by atoms with Crippen LogP contribution in [-0.4, -0.2) is 39.7 Å². The number of nitrogens with two attached hydrogens (primary N) is 1. The van der Waals surface area contributed by atoms with Gasteiger partial charge in [-0.25, -0.2) is 0 Å². The third kappa shape index (κ3) is 3.23. The third-order valence-corrected chi connectivity index (χ3v) is 2.69. The standard InChI is InChI=1S/C12H21N3O2/c1-9(2)15(5-4-6-16)12(17)11-7-10(13)8-14(11)3/h7-9,16H,4-6,13H2,1-3H3. The van der Waals surface area contributed by atoms with E-state index in [9.17, 15) is 4.79 Å². The SMILES string of the molecule is CC(C)N(CCCO)C(=O)c1cc(N)cn1C. The van der Waals surface area contributed by atoms with E-state index in [1.54, 1.807) is 28.8 Å². The molecule has 0 bridgehead atoms. The maximum Gasteiger partial charge on any atom is 0.270 e. The van der Waals surface area contributed by atoms with Crippen LogP contribution in [0, 0.1) is 0 Å². The normalized spacial score (nSPS) is 10.9. The molecule has 3 N–H and O–H groups in total. The molecule has 1 rings (SSSR count). The zero-order valence-corrected chi connectivity index (χ0v) is 10.7. The summed E-state index contributed by atoms with van der Waals surface area (Å²) in [6.45, 7) is 4.56. The van der Waals surface area contributed by atoms with Crippen LogP contribution in [0.4, 0.5) is 5.69 Å². The van der Waals surface area contributed by atoms with Crippen LogP contribution < -0.4 is 5.73 Å². The zero-order valence-electron chi connectivity index (χ0n) is 10.7. The van der Waals surface area contributed by atoms with Crippen LogP contribution in [0.2, 0.25) is 0 Å². The van der Waals surface area contributed by atoms with E-state index in [4.69, 9.17) is 10.8 Å². The van der Waals surface area contributed by atoms with Gasteiger partial charge in [-0.05, 0) is 26.3 Å². The number of anilines is 1. The van der Waals surface area contributed by atoms with Crippen molar-refractivity contribution in [1.82, 2.24) is 9.47 Å². The molecular weight excluding hydrogens is 218 g/mol. The minimum Gasteiger partial charge on any atom is -0.397 e. The van der Waals surface area contributed by atoms with Crippen molar-refractivity contribution in [2.75, 3.05) is 18.9 Å². The number of carbonyl (C=O) groups is 1. The Bertz CT molecular complexity index is 385. The molecule has 1 aromatic heterocycles. The summed E-state index contributed by atoms with van der Waals surface area (Å²) in [6, 6.07) is 1.78. The summed E-state index contributed by atoms with van der Waals surface area (Å²) in [5, 5.41) is 8.84. The second-order valence-corrected chi connectivity index (χ2v) is 4.44. The molecule has 0 aliphatic heterocycles. The van der Waals surface area contributed by atoms with Crippen molar-refractivity contribution in [3.63, 3.8) is 0 Å². The maximum absolute atomic E-state index is 12.3. The number of nitrogens with zero attached hydrogens (tertiary/aromatic N) is 2. The molecule has 5 nitrogen and oxygen atoms in total. The molecule has 1 heterocycles. The molecular formula is C12H21N3O2. The number of aliphatic hydroxyl groups is 1. The largest absolute Gasteiger partial charge is 0.397 e. The fourth-order valence-corrected chi connectivity index (χ4v) is 1.79. The Morgan fingerprint density at radius 2 is 2.24 bits per heavy atom. The highest BCUT2D eigenvalue weighted by molar-refractivity contribution is 5.94. The van der Waals surface area contributed by atoms with Crippen molar-refractivity contribution in [3.8, 4) is 0 Å². The second-order valence-electron chi connectivity index (χ2n) is 4.44. The summed E-state index contributed by atoms with van der Waals surface area (Å²) in [7, 11) is 1.80. The van der Waals surface area contributed by atoms with Crippen LogP contribution >= 0.6 is 0 Å². The van der Waals surface area contributed by atoms with E-state index < -0.39 is 0 Å². The van der Waals surface area contributed by atoms with Crippen LogP contribution in [0.15, 0.2) is 12.3 Å². The molecule has 1 aromatic rings. The van der Waals surface area contributed by atoms with Crippen LogP contribution in [0.5, 0.6) is 0 Å². The molecule has 5 heteroatoms. The summed E-state index contributed by atoms with van der Waals surface area (Å²) in [6.07, 6.45) is 2.31. The van der Waals surface area contributed by atoms with Crippen molar-refractivity contribution >= 4 is 11.6 Å². The van der Waals surface area contributed by atoms with Gasteiger partial charge < -0.3 is 20.3 Å². The smallest absolute Gasteiger partial charge is 0.270 e. The molecule has 1 amide bonds. The predicted molar refractivity (Wildman–Crippen MR) is 67.7 cm³/mol. The third-order valence-electron chi connectivity index (χ3n) is 2.69. The Hall–Kier alpha value is -1.49. The summed E-state index contributed by atoms with van der Waals surface area (Å²) in [5.41, 5.74) is 6.82. The number of hydrogen-bond donors (Lipinski definition) is 2. The Balaban J connectivity index is 2.87. The summed E-state index contributed by atoms with van der Waals surface area (Å²) in [5.74, 6) is -0.0485. The highest BCUT2D eigenvalue weighted by atomic mass is 16.3. The predicted octanol–water partition coefficient (Wildman–Crippen LogP) is 0.840. The quantitative estimate of drug-likeness (QED) is 0.800. The van der Waals surface area contributed by atoms with Gasteiger partial charge in [0.2, 0.25) is 0 Å². The van der Waals surface area contributed by atoms with Gasteiger partial charge in [0.25, 0.3) is 5.91 Å². The first-order valence-electron chi connectivity index (χ1n) is 5.81. The zero-order chi connectivity index (χ0) is 13.0. The molecule has 96 valence electrons. The lowest BCUT2D eigenvalue weighted by atomic mass is 10.2. The molecule has 17 heavy (non-hydrogen) atoms. The number of nitrogen functional groups attached to an aromatic ring is 1. The van der Waals surface area contributed by atoms with Crippen LogP contribution in [0.3, 0.4) is 0 Å². The first-order valence-corrected chi connectivity index (χ1v) is 5.81. The van der Waals surface area contributed by atoms with Gasteiger partial charge in [0, 0.05) is 32.4 Å². The molecule has 0 atom stereocenters. The number of hydrogen-bond acceptors (Lipinski definition) is 3. The van der Waals surface area contributed by atoms with Gasteiger partial charge >= 0.3 is 0 Å². The van der Waals surface area contributed by atoms with E-state index in [0.717, 1.165) is 0 Å². The van der Waals surface area contributed by atoms with Gasteiger partial charge in [0.05, 0.1) is 5.69 Å². The average Bonchev–Trinajstić information content (AvgIpc) is 2.57. The van der Waals surface area contributed by atoms with Gasteiger partial charge in [0.15, 0.2) is 0 Å². The molecule has 0 aromatic carbocycles. The lowest BCUT2D eigenvalue weighted by Gasteiger charge is -2.26. The monoisotopic (exact) mass is 239 g/mol. The molecule has 0 saturated carbocycles. The van der Waals surface area contributed by atoms with E-state index in [2.05, 4.69) is 0 Å². The lowest BCUT2D eigenvalue weighted by Crippen LogP contribution is -2.38. The van der Waals surface area contributed by atoms with E-state index in [-0.39, 0.29) is 18.6 Å².